The highest BCUT2D eigenvalue weighted by Crippen LogP contribution is 2.38. The van der Waals surface area contributed by atoms with Crippen molar-refractivity contribution in [1.82, 2.24) is 15.0 Å². The number of hydrogen-bond acceptors (Lipinski definition) is 3. The van der Waals surface area contributed by atoms with Crippen LogP contribution in [0, 0.1) is 0 Å². The van der Waals surface area contributed by atoms with Crippen molar-refractivity contribution in [3.63, 3.8) is 0 Å². The lowest BCUT2D eigenvalue weighted by Crippen LogP contribution is -1.96. The maximum absolute atomic E-state index is 5.15. The standard InChI is InChI=1S/C35H23N3/c1-2-9-26(10-3-1)34-35(38-33-17-5-4-16-32(33)37-34)31-15-7-13-29-28(12-6-14-30(29)31)25-20-18-24(19-21-25)27-11-8-22-36-23-27/h1-23H. The molecule has 2 heterocycles. The molecule has 0 spiro atoms. The zero-order valence-corrected chi connectivity index (χ0v) is 20.6. The quantitative estimate of drug-likeness (QED) is 0.250. The maximum Gasteiger partial charge on any atom is 0.0979 e. The highest BCUT2D eigenvalue weighted by atomic mass is 14.8. The van der Waals surface area contributed by atoms with Crippen molar-refractivity contribution in [3.8, 4) is 44.8 Å². The van der Waals surface area contributed by atoms with Crippen LogP contribution >= 0.6 is 0 Å². The summed E-state index contributed by atoms with van der Waals surface area (Å²) in [4.78, 5) is 14.5. The number of fused-ring (bicyclic) bond motifs is 2. The number of pyridine rings is 1. The van der Waals surface area contributed by atoms with Crippen LogP contribution in [0.5, 0.6) is 0 Å². The first-order valence-corrected chi connectivity index (χ1v) is 12.7. The van der Waals surface area contributed by atoms with E-state index in [4.69, 9.17) is 9.97 Å². The molecule has 7 rings (SSSR count). The summed E-state index contributed by atoms with van der Waals surface area (Å²) >= 11 is 0. The predicted octanol–water partition coefficient (Wildman–Crippen LogP) is 8.85. The number of hydrogen-bond donors (Lipinski definition) is 0. The first kappa shape index (κ1) is 22.1. The van der Waals surface area contributed by atoms with Gasteiger partial charge in [0.05, 0.1) is 22.4 Å². The van der Waals surface area contributed by atoms with Gasteiger partial charge in [-0.2, -0.15) is 0 Å². The fourth-order valence-corrected chi connectivity index (χ4v) is 5.13. The largest absolute Gasteiger partial charge is 0.264 e. The van der Waals surface area contributed by atoms with Gasteiger partial charge >= 0.3 is 0 Å². The fraction of sp³-hybridized carbons (Fsp3) is 0. The Morgan fingerprint density at radius 1 is 0.368 bits per heavy atom. The van der Waals surface area contributed by atoms with Gasteiger partial charge in [-0.1, -0.05) is 109 Å². The Balaban J connectivity index is 1.41. The molecule has 0 unspecified atom stereocenters. The van der Waals surface area contributed by atoms with Crippen LogP contribution in [0.4, 0.5) is 0 Å². The molecule has 178 valence electrons. The molecular weight excluding hydrogens is 462 g/mol. The monoisotopic (exact) mass is 485 g/mol. The molecule has 0 aliphatic rings. The second kappa shape index (κ2) is 9.38. The van der Waals surface area contributed by atoms with Crippen molar-refractivity contribution in [1.29, 1.82) is 0 Å². The minimum Gasteiger partial charge on any atom is -0.264 e. The van der Waals surface area contributed by atoms with Crippen LogP contribution in [0.1, 0.15) is 0 Å². The van der Waals surface area contributed by atoms with Crippen molar-refractivity contribution in [2.45, 2.75) is 0 Å². The Kier molecular flexibility index (Phi) is 5.45. The summed E-state index contributed by atoms with van der Waals surface area (Å²) < 4.78 is 0. The van der Waals surface area contributed by atoms with Crippen molar-refractivity contribution in [3.05, 3.63) is 140 Å². The average Bonchev–Trinajstić information content (AvgIpc) is 3.01. The van der Waals surface area contributed by atoms with Gasteiger partial charge in [-0.25, -0.2) is 9.97 Å². The summed E-state index contributed by atoms with van der Waals surface area (Å²) in [6, 6.07) is 44.1. The molecule has 3 heteroatoms. The fourth-order valence-electron chi connectivity index (χ4n) is 5.13. The molecule has 0 amide bonds. The Morgan fingerprint density at radius 3 is 1.68 bits per heavy atom. The van der Waals surface area contributed by atoms with Gasteiger partial charge in [0, 0.05) is 23.5 Å². The number of benzene rings is 5. The Bertz CT molecular complexity index is 1890. The molecule has 38 heavy (non-hydrogen) atoms. The van der Waals surface area contributed by atoms with Gasteiger partial charge in [0.2, 0.25) is 0 Å². The summed E-state index contributed by atoms with van der Waals surface area (Å²) in [7, 11) is 0. The van der Waals surface area contributed by atoms with Crippen molar-refractivity contribution in [2.24, 2.45) is 0 Å². The van der Waals surface area contributed by atoms with Gasteiger partial charge in [-0.15, -0.1) is 0 Å². The van der Waals surface area contributed by atoms with Gasteiger partial charge in [-0.05, 0) is 51.2 Å². The summed E-state index contributed by atoms with van der Waals surface area (Å²) in [6.07, 6.45) is 3.70. The Morgan fingerprint density at radius 2 is 0.974 bits per heavy atom. The van der Waals surface area contributed by atoms with E-state index < -0.39 is 0 Å². The molecule has 0 fully saturated rings. The number of para-hydroxylation sites is 2. The lowest BCUT2D eigenvalue weighted by atomic mass is 9.92. The van der Waals surface area contributed by atoms with Gasteiger partial charge in [0.15, 0.2) is 0 Å². The van der Waals surface area contributed by atoms with E-state index in [1.54, 1.807) is 6.20 Å². The number of aromatic nitrogens is 3. The van der Waals surface area contributed by atoms with Crippen LogP contribution in [0.15, 0.2) is 140 Å². The molecule has 0 bridgehead atoms. The maximum atomic E-state index is 5.15. The third-order valence-corrected chi connectivity index (χ3v) is 6.99. The minimum atomic E-state index is 0.890. The first-order valence-electron chi connectivity index (χ1n) is 12.7. The molecule has 0 saturated carbocycles. The van der Waals surface area contributed by atoms with E-state index >= 15 is 0 Å². The lowest BCUT2D eigenvalue weighted by Gasteiger charge is -2.14. The normalized spacial score (nSPS) is 11.2. The molecule has 0 radical (unpaired) electrons. The molecule has 2 aromatic heterocycles. The van der Waals surface area contributed by atoms with Crippen LogP contribution < -0.4 is 0 Å². The van der Waals surface area contributed by atoms with Crippen LogP contribution in [0.2, 0.25) is 0 Å². The molecule has 3 nitrogen and oxygen atoms in total. The van der Waals surface area contributed by atoms with E-state index in [0.717, 1.165) is 50.1 Å². The number of rotatable bonds is 4. The second-order valence-electron chi connectivity index (χ2n) is 9.30. The summed E-state index contributed by atoms with van der Waals surface area (Å²) in [5, 5.41) is 2.34. The van der Waals surface area contributed by atoms with E-state index in [0.29, 0.717) is 0 Å². The summed E-state index contributed by atoms with van der Waals surface area (Å²) in [5.41, 5.74) is 10.3. The van der Waals surface area contributed by atoms with Crippen LogP contribution in [-0.2, 0) is 0 Å². The molecule has 5 aromatic carbocycles. The average molecular weight is 486 g/mol. The minimum absolute atomic E-state index is 0.890. The van der Waals surface area contributed by atoms with E-state index in [2.05, 4.69) is 83.8 Å². The van der Waals surface area contributed by atoms with Gasteiger partial charge in [-0.3, -0.25) is 4.98 Å². The van der Waals surface area contributed by atoms with Gasteiger partial charge in [0.25, 0.3) is 0 Å². The third kappa shape index (κ3) is 3.91. The van der Waals surface area contributed by atoms with E-state index in [1.165, 1.54) is 16.5 Å². The molecule has 7 aromatic rings. The van der Waals surface area contributed by atoms with Gasteiger partial charge in [0.1, 0.15) is 0 Å². The molecule has 0 atom stereocenters. The first-order chi connectivity index (χ1) is 18.8. The Hall–Kier alpha value is -5.15. The topological polar surface area (TPSA) is 38.7 Å². The van der Waals surface area contributed by atoms with E-state index in [1.807, 2.05) is 54.7 Å². The summed E-state index contributed by atoms with van der Waals surface area (Å²) in [6.45, 7) is 0. The van der Waals surface area contributed by atoms with Crippen molar-refractivity contribution in [2.75, 3.05) is 0 Å². The highest BCUT2D eigenvalue weighted by molar-refractivity contribution is 6.06. The molecule has 0 aliphatic heterocycles. The zero-order chi connectivity index (χ0) is 25.3. The van der Waals surface area contributed by atoms with Crippen LogP contribution in [0.3, 0.4) is 0 Å². The molecule has 0 N–H and O–H groups in total. The molecular formula is C35H23N3. The SMILES string of the molecule is c1ccc(-c2nc3ccccc3nc2-c2cccc3c(-c4ccc(-c5cccnc5)cc4)cccc23)cc1. The Labute approximate surface area is 221 Å². The smallest absolute Gasteiger partial charge is 0.0979 e. The molecule has 0 aliphatic carbocycles. The predicted molar refractivity (Wildman–Crippen MR) is 157 cm³/mol. The van der Waals surface area contributed by atoms with Crippen molar-refractivity contribution < 1.29 is 0 Å². The third-order valence-electron chi connectivity index (χ3n) is 6.99. The zero-order valence-electron chi connectivity index (χ0n) is 20.6. The number of nitrogens with zero attached hydrogens (tertiary/aromatic N) is 3. The van der Waals surface area contributed by atoms with Crippen molar-refractivity contribution >= 4 is 21.8 Å². The van der Waals surface area contributed by atoms with Crippen LogP contribution in [-0.4, -0.2) is 15.0 Å². The lowest BCUT2D eigenvalue weighted by molar-refractivity contribution is 1.30. The summed E-state index contributed by atoms with van der Waals surface area (Å²) in [5.74, 6) is 0. The van der Waals surface area contributed by atoms with E-state index in [9.17, 15) is 0 Å². The van der Waals surface area contributed by atoms with E-state index in [-0.39, 0.29) is 0 Å². The second-order valence-corrected chi connectivity index (χ2v) is 9.30. The molecule has 0 saturated heterocycles. The highest BCUT2D eigenvalue weighted by Gasteiger charge is 2.16. The van der Waals surface area contributed by atoms with Gasteiger partial charge < -0.3 is 0 Å². The van der Waals surface area contributed by atoms with Crippen LogP contribution in [0.25, 0.3) is 66.6 Å².